The molecule has 0 amide bonds. The number of fused-ring (bicyclic) bond motifs is 1. The van der Waals surface area contributed by atoms with Gasteiger partial charge in [-0.3, -0.25) is 4.98 Å². The molecule has 0 spiro atoms. The van der Waals surface area contributed by atoms with Crippen LogP contribution < -0.4 is 10.6 Å². The van der Waals surface area contributed by atoms with Crippen LogP contribution in [0.4, 0.5) is 5.82 Å². The first-order valence-corrected chi connectivity index (χ1v) is 9.28. The molecule has 2 aromatic heterocycles. The molecular formula is C22H25BrN4. The lowest BCUT2D eigenvalue weighted by Gasteiger charge is -2.25. The number of aryl methyl sites for hydroxylation is 1. The van der Waals surface area contributed by atoms with Gasteiger partial charge < -0.3 is 10.6 Å². The Morgan fingerprint density at radius 3 is 2.41 bits per heavy atom. The second kappa shape index (κ2) is 9.62. The lowest BCUT2D eigenvalue weighted by atomic mass is 9.92. The van der Waals surface area contributed by atoms with Crippen molar-refractivity contribution in [3.05, 3.63) is 89.4 Å². The van der Waals surface area contributed by atoms with E-state index < -0.39 is 0 Å². The highest BCUT2D eigenvalue weighted by Gasteiger charge is 2.20. The van der Waals surface area contributed by atoms with Crippen LogP contribution in [0.3, 0.4) is 0 Å². The standard InChI is InChI=1S/C22H24N4.BrH/c1-2-13-23-21(8-1)26-16-18-11-9-17(10-12-18)15-25-20-7-3-5-19-6-4-14-24-22(19)20;/h1-2,4,6,8-14,20,25H,3,5,7,15-16H2,(H,23,26);1H. The molecule has 0 fully saturated rings. The van der Waals surface area contributed by atoms with Gasteiger partial charge in [0.15, 0.2) is 0 Å². The van der Waals surface area contributed by atoms with Gasteiger partial charge in [0.1, 0.15) is 5.82 Å². The van der Waals surface area contributed by atoms with E-state index in [-0.39, 0.29) is 17.0 Å². The van der Waals surface area contributed by atoms with Crippen molar-refractivity contribution < 1.29 is 0 Å². The molecule has 0 saturated heterocycles. The Labute approximate surface area is 171 Å². The van der Waals surface area contributed by atoms with Crippen LogP contribution >= 0.6 is 17.0 Å². The summed E-state index contributed by atoms with van der Waals surface area (Å²) in [5.74, 6) is 0.904. The second-order valence-corrected chi connectivity index (χ2v) is 6.76. The summed E-state index contributed by atoms with van der Waals surface area (Å²) in [5.41, 5.74) is 5.18. The van der Waals surface area contributed by atoms with Gasteiger partial charge in [-0.2, -0.15) is 0 Å². The Kier molecular flexibility index (Phi) is 6.96. The maximum Gasteiger partial charge on any atom is 0.126 e. The molecule has 0 saturated carbocycles. The Bertz CT molecular complexity index is 836. The lowest BCUT2D eigenvalue weighted by Crippen LogP contribution is -2.25. The summed E-state index contributed by atoms with van der Waals surface area (Å²) in [6, 6.07) is 19.3. The molecule has 4 nitrogen and oxygen atoms in total. The minimum absolute atomic E-state index is 0. The number of pyridine rings is 2. The fourth-order valence-corrected chi connectivity index (χ4v) is 3.48. The first-order valence-electron chi connectivity index (χ1n) is 9.28. The third-order valence-electron chi connectivity index (χ3n) is 4.91. The molecular weight excluding hydrogens is 400 g/mol. The Balaban J connectivity index is 0.00000210. The van der Waals surface area contributed by atoms with E-state index in [0.717, 1.165) is 31.7 Å². The lowest BCUT2D eigenvalue weighted by molar-refractivity contribution is 0.447. The summed E-state index contributed by atoms with van der Waals surface area (Å²) >= 11 is 0. The summed E-state index contributed by atoms with van der Waals surface area (Å²) in [6.45, 7) is 1.65. The summed E-state index contributed by atoms with van der Waals surface area (Å²) in [7, 11) is 0. The van der Waals surface area contributed by atoms with Crippen LogP contribution in [0, 0.1) is 0 Å². The molecule has 0 bridgehead atoms. The summed E-state index contributed by atoms with van der Waals surface area (Å²) in [4.78, 5) is 8.89. The van der Waals surface area contributed by atoms with Crippen LogP contribution in [0.1, 0.15) is 41.3 Å². The monoisotopic (exact) mass is 424 g/mol. The molecule has 5 heteroatoms. The van der Waals surface area contributed by atoms with E-state index in [2.05, 4.69) is 50.9 Å². The zero-order valence-corrected chi connectivity index (χ0v) is 17.0. The number of hydrogen-bond acceptors (Lipinski definition) is 4. The van der Waals surface area contributed by atoms with E-state index >= 15 is 0 Å². The molecule has 2 heterocycles. The van der Waals surface area contributed by atoms with Gasteiger partial charge in [0.25, 0.3) is 0 Å². The molecule has 4 rings (SSSR count). The van der Waals surface area contributed by atoms with Gasteiger partial charge in [-0.05, 0) is 54.2 Å². The maximum atomic E-state index is 4.60. The molecule has 3 aromatic rings. The van der Waals surface area contributed by atoms with Crippen molar-refractivity contribution in [1.29, 1.82) is 0 Å². The molecule has 27 heavy (non-hydrogen) atoms. The number of nitrogens with one attached hydrogen (secondary N) is 2. The third kappa shape index (κ3) is 5.15. The van der Waals surface area contributed by atoms with Gasteiger partial charge >= 0.3 is 0 Å². The van der Waals surface area contributed by atoms with Crippen LogP contribution in [0.15, 0.2) is 67.0 Å². The van der Waals surface area contributed by atoms with Gasteiger partial charge in [0.05, 0.1) is 11.7 Å². The Morgan fingerprint density at radius 1 is 0.852 bits per heavy atom. The first kappa shape index (κ1) is 19.5. The van der Waals surface area contributed by atoms with E-state index in [4.69, 9.17) is 0 Å². The zero-order valence-electron chi connectivity index (χ0n) is 15.3. The first-order chi connectivity index (χ1) is 12.9. The molecule has 1 aliphatic rings. The number of anilines is 1. The predicted molar refractivity (Wildman–Crippen MR) is 115 cm³/mol. The van der Waals surface area contributed by atoms with Crippen LogP contribution in [-0.4, -0.2) is 9.97 Å². The quantitative estimate of drug-likeness (QED) is 0.594. The van der Waals surface area contributed by atoms with Crippen molar-refractivity contribution in [3.8, 4) is 0 Å². The molecule has 0 radical (unpaired) electrons. The number of nitrogens with zero attached hydrogens (tertiary/aromatic N) is 2. The van der Waals surface area contributed by atoms with E-state index in [1.165, 1.54) is 28.8 Å². The number of rotatable bonds is 6. The zero-order chi connectivity index (χ0) is 17.6. The van der Waals surface area contributed by atoms with Crippen LogP contribution in [0.25, 0.3) is 0 Å². The summed E-state index contributed by atoms with van der Waals surface area (Å²) in [6.07, 6.45) is 7.25. The number of halogens is 1. The second-order valence-electron chi connectivity index (χ2n) is 6.76. The van der Waals surface area contributed by atoms with E-state index in [9.17, 15) is 0 Å². The van der Waals surface area contributed by atoms with Crippen LogP contribution in [-0.2, 0) is 19.5 Å². The topological polar surface area (TPSA) is 49.8 Å². The van der Waals surface area contributed by atoms with Crippen molar-refractivity contribution in [2.24, 2.45) is 0 Å². The van der Waals surface area contributed by atoms with Gasteiger partial charge in [-0.25, -0.2) is 4.98 Å². The number of benzene rings is 1. The largest absolute Gasteiger partial charge is 0.366 e. The molecule has 0 aliphatic heterocycles. The third-order valence-corrected chi connectivity index (χ3v) is 4.91. The van der Waals surface area contributed by atoms with E-state index in [1.54, 1.807) is 6.20 Å². The van der Waals surface area contributed by atoms with Gasteiger partial charge in [0, 0.05) is 25.5 Å². The molecule has 1 atom stereocenters. The predicted octanol–water partition coefficient (Wildman–Crippen LogP) is 4.83. The molecule has 140 valence electrons. The summed E-state index contributed by atoms with van der Waals surface area (Å²) in [5, 5.41) is 7.02. The minimum atomic E-state index is 0. The molecule has 2 N–H and O–H groups in total. The highest BCUT2D eigenvalue weighted by atomic mass is 79.9. The fourth-order valence-electron chi connectivity index (χ4n) is 3.48. The van der Waals surface area contributed by atoms with Gasteiger partial charge in [0.2, 0.25) is 0 Å². The Morgan fingerprint density at radius 2 is 1.63 bits per heavy atom. The maximum absolute atomic E-state index is 4.60. The molecule has 1 aliphatic carbocycles. The van der Waals surface area contributed by atoms with Crippen LogP contribution in [0.5, 0.6) is 0 Å². The normalized spacial score (nSPS) is 15.5. The van der Waals surface area contributed by atoms with Crippen molar-refractivity contribution in [3.63, 3.8) is 0 Å². The van der Waals surface area contributed by atoms with Crippen molar-refractivity contribution >= 4 is 22.8 Å². The SMILES string of the molecule is Br.c1ccc(NCc2ccc(CNC3CCCc4cccnc43)cc2)nc1. The molecule has 1 aromatic carbocycles. The van der Waals surface area contributed by atoms with Gasteiger partial charge in [-0.15, -0.1) is 17.0 Å². The number of aromatic nitrogens is 2. The minimum Gasteiger partial charge on any atom is -0.366 e. The summed E-state index contributed by atoms with van der Waals surface area (Å²) < 4.78 is 0. The van der Waals surface area contributed by atoms with Crippen molar-refractivity contribution in [2.45, 2.75) is 38.4 Å². The highest BCUT2D eigenvalue weighted by Crippen LogP contribution is 2.27. The average Bonchev–Trinajstić information content (AvgIpc) is 2.72. The van der Waals surface area contributed by atoms with Crippen LogP contribution in [0.2, 0.25) is 0 Å². The average molecular weight is 425 g/mol. The highest BCUT2D eigenvalue weighted by molar-refractivity contribution is 8.93. The smallest absolute Gasteiger partial charge is 0.126 e. The molecule has 1 unspecified atom stereocenters. The van der Waals surface area contributed by atoms with Crippen molar-refractivity contribution in [2.75, 3.05) is 5.32 Å². The van der Waals surface area contributed by atoms with E-state index in [0.29, 0.717) is 6.04 Å². The number of hydrogen-bond donors (Lipinski definition) is 2. The van der Waals surface area contributed by atoms with Gasteiger partial charge in [-0.1, -0.05) is 36.4 Å². The van der Waals surface area contributed by atoms with E-state index in [1.807, 2.05) is 30.5 Å². The fraction of sp³-hybridized carbons (Fsp3) is 0.273. The Hall–Kier alpha value is -2.24. The van der Waals surface area contributed by atoms with Crippen molar-refractivity contribution in [1.82, 2.24) is 15.3 Å².